The summed E-state index contributed by atoms with van der Waals surface area (Å²) < 4.78 is 6.85. The molecular weight excluding hydrogens is 232 g/mol. The van der Waals surface area contributed by atoms with Crippen LogP contribution in [-0.4, -0.2) is 33.2 Å². The fourth-order valence-corrected chi connectivity index (χ4v) is 1.51. The molecule has 0 spiro atoms. The standard InChI is InChI=1S/C12H16N4O2/c1-8(2)18-7-12(17)14-10-4-5-11-13-9(3)15-16(11)6-10/h4-6,8H,7H2,1-3H3,(H,14,17). The number of rotatable bonds is 4. The topological polar surface area (TPSA) is 68.5 Å². The van der Waals surface area contributed by atoms with Gasteiger partial charge in [0.1, 0.15) is 12.4 Å². The third kappa shape index (κ3) is 3.04. The van der Waals surface area contributed by atoms with Crippen molar-refractivity contribution in [2.75, 3.05) is 11.9 Å². The second-order valence-corrected chi connectivity index (χ2v) is 4.29. The van der Waals surface area contributed by atoms with E-state index < -0.39 is 0 Å². The molecule has 0 aliphatic heterocycles. The summed E-state index contributed by atoms with van der Waals surface area (Å²) in [4.78, 5) is 15.8. The minimum atomic E-state index is -0.181. The lowest BCUT2D eigenvalue weighted by Crippen LogP contribution is -2.20. The van der Waals surface area contributed by atoms with Gasteiger partial charge >= 0.3 is 0 Å². The van der Waals surface area contributed by atoms with Crippen LogP contribution in [0.4, 0.5) is 5.69 Å². The molecule has 0 unspecified atom stereocenters. The van der Waals surface area contributed by atoms with E-state index in [9.17, 15) is 4.79 Å². The Labute approximate surface area is 105 Å². The first-order chi connectivity index (χ1) is 8.54. The van der Waals surface area contributed by atoms with Gasteiger partial charge in [-0.2, -0.15) is 5.10 Å². The number of hydrogen-bond acceptors (Lipinski definition) is 4. The molecule has 0 bridgehead atoms. The van der Waals surface area contributed by atoms with Gasteiger partial charge in [0.15, 0.2) is 5.65 Å². The van der Waals surface area contributed by atoms with Gasteiger partial charge in [-0.05, 0) is 32.9 Å². The van der Waals surface area contributed by atoms with Crippen LogP contribution in [-0.2, 0) is 9.53 Å². The molecule has 1 amide bonds. The molecule has 2 aromatic heterocycles. The highest BCUT2D eigenvalue weighted by molar-refractivity contribution is 5.91. The van der Waals surface area contributed by atoms with Crippen molar-refractivity contribution < 1.29 is 9.53 Å². The van der Waals surface area contributed by atoms with Crippen LogP contribution in [0.1, 0.15) is 19.7 Å². The Hall–Kier alpha value is -1.95. The molecule has 0 saturated heterocycles. The molecule has 0 atom stereocenters. The van der Waals surface area contributed by atoms with E-state index in [2.05, 4.69) is 15.4 Å². The molecule has 0 radical (unpaired) electrons. The smallest absolute Gasteiger partial charge is 0.250 e. The molecule has 6 heteroatoms. The van der Waals surface area contributed by atoms with Gasteiger partial charge in [0.25, 0.3) is 0 Å². The Bertz CT molecular complexity index is 562. The number of aromatic nitrogens is 3. The minimum Gasteiger partial charge on any atom is -0.369 e. The summed E-state index contributed by atoms with van der Waals surface area (Å²) in [5.74, 6) is 0.515. The highest BCUT2D eigenvalue weighted by atomic mass is 16.5. The zero-order chi connectivity index (χ0) is 13.1. The van der Waals surface area contributed by atoms with Gasteiger partial charge in [0, 0.05) is 0 Å². The van der Waals surface area contributed by atoms with Crippen LogP contribution in [0.2, 0.25) is 0 Å². The molecule has 2 heterocycles. The van der Waals surface area contributed by atoms with Crippen LogP contribution < -0.4 is 5.32 Å². The van der Waals surface area contributed by atoms with Crippen molar-refractivity contribution in [1.82, 2.24) is 14.6 Å². The number of aryl methyl sites for hydroxylation is 1. The van der Waals surface area contributed by atoms with E-state index in [1.807, 2.05) is 20.8 Å². The number of nitrogens with one attached hydrogen (secondary N) is 1. The lowest BCUT2D eigenvalue weighted by Gasteiger charge is -2.08. The van der Waals surface area contributed by atoms with Gasteiger partial charge in [0.2, 0.25) is 5.91 Å². The normalized spacial score (nSPS) is 11.1. The average Bonchev–Trinajstić information content (AvgIpc) is 2.66. The molecule has 2 rings (SSSR count). The molecule has 0 fully saturated rings. The van der Waals surface area contributed by atoms with Crippen LogP contribution in [0.5, 0.6) is 0 Å². The van der Waals surface area contributed by atoms with Crippen LogP contribution in [0.3, 0.4) is 0 Å². The third-order valence-electron chi connectivity index (χ3n) is 2.27. The predicted molar refractivity (Wildman–Crippen MR) is 67.4 cm³/mol. The summed E-state index contributed by atoms with van der Waals surface area (Å²) >= 11 is 0. The van der Waals surface area contributed by atoms with Crippen molar-refractivity contribution in [3.8, 4) is 0 Å². The lowest BCUT2D eigenvalue weighted by atomic mass is 10.4. The van der Waals surface area contributed by atoms with Gasteiger partial charge in [-0.25, -0.2) is 9.50 Å². The summed E-state index contributed by atoms with van der Waals surface area (Å²) in [5, 5.41) is 6.92. The fraction of sp³-hybridized carbons (Fsp3) is 0.417. The van der Waals surface area contributed by atoms with E-state index in [1.165, 1.54) is 0 Å². The quantitative estimate of drug-likeness (QED) is 0.888. The molecule has 18 heavy (non-hydrogen) atoms. The van der Waals surface area contributed by atoms with Crippen molar-refractivity contribution in [2.45, 2.75) is 26.9 Å². The zero-order valence-electron chi connectivity index (χ0n) is 10.7. The number of ether oxygens (including phenoxy) is 1. The van der Waals surface area contributed by atoms with E-state index in [0.717, 1.165) is 5.65 Å². The lowest BCUT2D eigenvalue weighted by molar-refractivity contribution is -0.121. The van der Waals surface area contributed by atoms with E-state index in [-0.39, 0.29) is 18.6 Å². The maximum atomic E-state index is 11.6. The minimum absolute atomic E-state index is 0.0381. The van der Waals surface area contributed by atoms with Crippen molar-refractivity contribution >= 4 is 17.2 Å². The number of carbonyl (C=O) groups is 1. The molecule has 0 aliphatic carbocycles. The Morgan fingerprint density at radius 1 is 1.50 bits per heavy atom. The number of nitrogens with zero attached hydrogens (tertiary/aromatic N) is 3. The summed E-state index contributed by atoms with van der Waals surface area (Å²) in [5.41, 5.74) is 1.42. The van der Waals surface area contributed by atoms with Crippen molar-refractivity contribution in [3.05, 3.63) is 24.2 Å². The summed E-state index contributed by atoms with van der Waals surface area (Å²) in [6, 6.07) is 3.59. The van der Waals surface area contributed by atoms with Crippen LogP contribution >= 0.6 is 0 Å². The Morgan fingerprint density at radius 3 is 3.00 bits per heavy atom. The fourth-order valence-electron chi connectivity index (χ4n) is 1.51. The third-order valence-corrected chi connectivity index (χ3v) is 2.27. The van der Waals surface area contributed by atoms with Gasteiger partial charge in [0.05, 0.1) is 18.0 Å². The molecule has 2 aromatic rings. The second-order valence-electron chi connectivity index (χ2n) is 4.29. The van der Waals surface area contributed by atoms with Crippen LogP contribution in [0.25, 0.3) is 5.65 Å². The second kappa shape index (κ2) is 5.14. The first-order valence-corrected chi connectivity index (χ1v) is 5.79. The molecule has 0 saturated carbocycles. The number of anilines is 1. The summed E-state index contributed by atoms with van der Waals surface area (Å²) in [6.07, 6.45) is 1.76. The molecular formula is C12H16N4O2. The molecule has 6 nitrogen and oxygen atoms in total. The Kier molecular flexibility index (Phi) is 3.57. The Balaban J connectivity index is 2.05. The summed E-state index contributed by atoms with van der Waals surface area (Å²) in [7, 11) is 0. The predicted octanol–water partition coefficient (Wildman–Crippen LogP) is 1.40. The van der Waals surface area contributed by atoms with E-state index in [0.29, 0.717) is 11.5 Å². The number of fused-ring (bicyclic) bond motifs is 1. The van der Waals surface area contributed by atoms with Gasteiger partial charge < -0.3 is 10.1 Å². The van der Waals surface area contributed by atoms with E-state index >= 15 is 0 Å². The van der Waals surface area contributed by atoms with E-state index in [1.54, 1.807) is 22.8 Å². The molecule has 1 N–H and O–H groups in total. The molecule has 0 aromatic carbocycles. The first-order valence-electron chi connectivity index (χ1n) is 5.79. The zero-order valence-corrected chi connectivity index (χ0v) is 10.7. The monoisotopic (exact) mass is 248 g/mol. The number of amides is 1. The van der Waals surface area contributed by atoms with Crippen LogP contribution in [0, 0.1) is 6.92 Å². The number of pyridine rings is 1. The SMILES string of the molecule is Cc1nc2ccc(NC(=O)COC(C)C)cn2n1. The Morgan fingerprint density at radius 2 is 2.28 bits per heavy atom. The maximum absolute atomic E-state index is 11.6. The highest BCUT2D eigenvalue weighted by Gasteiger charge is 2.06. The highest BCUT2D eigenvalue weighted by Crippen LogP contribution is 2.09. The first kappa shape index (κ1) is 12.5. The number of carbonyl (C=O) groups excluding carboxylic acids is 1. The van der Waals surface area contributed by atoms with Gasteiger partial charge in [-0.15, -0.1) is 0 Å². The van der Waals surface area contributed by atoms with Crippen molar-refractivity contribution in [3.63, 3.8) is 0 Å². The number of hydrogen-bond donors (Lipinski definition) is 1. The summed E-state index contributed by atoms with van der Waals surface area (Å²) in [6.45, 7) is 5.64. The van der Waals surface area contributed by atoms with Gasteiger partial charge in [-0.1, -0.05) is 0 Å². The van der Waals surface area contributed by atoms with Crippen molar-refractivity contribution in [2.24, 2.45) is 0 Å². The average molecular weight is 248 g/mol. The maximum Gasteiger partial charge on any atom is 0.250 e. The van der Waals surface area contributed by atoms with Crippen molar-refractivity contribution in [1.29, 1.82) is 0 Å². The molecule has 0 aliphatic rings. The van der Waals surface area contributed by atoms with E-state index in [4.69, 9.17) is 4.74 Å². The van der Waals surface area contributed by atoms with Gasteiger partial charge in [-0.3, -0.25) is 4.79 Å². The largest absolute Gasteiger partial charge is 0.369 e. The van der Waals surface area contributed by atoms with Crippen LogP contribution in [0.15, 0.2) is 18.3 Å². The molecule has 96 valence electrons.